The average molecular weight is 341 g/mol. The lowest BCUT2D eigenvalue weighted by Crippen LogP contribution is -2.33. The second-order valence-electron chi connectivity index (χ2n) is 6.26. The lowest BCUT2D eigenvalue weighted by atomic mass is 9.93. The molecular weight excluding hydrogens is 321 g/mol. The number of nitrogens with two attached hydrogens (primary N) is 2. The van der Waals surface area contributed by atoms with E-state index < -0.39 is 0 Å². The second-order valence-corrected chi connectivity index (χ2v) is 6.26. The summed E-state index contributed by atoms with van der Waals surface area (Å²) in [6, 6.07) is 9.08. The molecule has 0 bridgehead atoms. The number of aromatic nitrogens is 4. The predicted molar refractivity (Wildman–Crippen MR) is 95.1 cm³/mol. The highest BCUT2D eigenvalue weighted by Crippen LogP contribution is 2.31. The highest BCUT2D eigenvalue weighted by Gasteiger charge is 2.23. The van der Waals surface area contributed by atoms with E-state index in [-0.39, 0.29) is 17.7 Å². The fourth-order valence-corrected chi connectivity index (χ4v) is 3.44. The van der Waals surface area contributed by atoms with Gasteiger partial charge in [-0.25, -0.2) is 4.39 Å². The van der Waals surface area contributed by atoms with Crippen LogP contribution in [0.1, 0.15) is 24.5 Å². The second kappa shape index (κ2) is 6.12. The normalized spacial score (nSPS) is 15.6. The summed E-state index contributed by atoms with van der Waals surface area (Å²) >= 11 is 0. The topological polar surface area (TPSA) is 102 Å². The van der Waals surface area contributed by atoms with Crippen LogP contribution in [0.15, 0.2) is 36.5 Å². The molecule has 5 N–H and O–H groups in total. The number of hydrogen-bond acceptors (Lipinski definition) is 5. The molecule has 1 aliphatic heterocycles. The molecule has 2 aromatic heterocycles. The minimum Gasteiger partial charge on any atom is -0.369 e. The number of hydrogen-bond donors (Lipinski definition) is 3. The molecule has 0 spiro atoms. The van der Waals surface area contributed by atoms with Crippen molar-refractivity contribution >= 4 is 17.6 Å². The zero-order valence-corrected chi connectivity index (χ0v) is 13.7. The Morgan fingerprint density at radius 2 is 1.96 bits per heavy atom. The van der Waals surface area contributed by atoms with E-state index in [0.717, 1.165) is 25.9 Å². The Morgan fingerprint density at radius 1 is 1.16 bits per heavy atom. The average Bonchev–Trinajstić information content (AvgIpc) is 3.25. The smallest absolute Gasteiger partial charge is 0.241 e. The summed E-state index contributed by atoms with van der Waals surface area (Å²) in [6.45, 7) is 1.64. The largest absolute Gasteiger partial charge is 0.369 e. The summed E-state index contributed by atoms with van der Waals surface area (Å²) in [7, 11) is 0. The maximum absolute atomic E-state index is 14.6. The summed E-state index contributed by atoms with van der Waals surface area (Å²) in [5.74, 6) is 0.403. The molecule has 8 heteroatoms. The monoisotopic (exact) mass is 341 g/mol. The maximum atomic E-state index is 14.6. The Bertz CT molecular complexity index is 863. The van der Waals surface area contributed by atoms with Crippen LogP contribution in [0, 0.1) is 5.82 Å². The quantitative estimate of drug-likeness (QED) is 0.678. The molecule has 1 aliphatic rings. The number of H-pyrrole nitrogens is 1. The van der Waals surface area contributed by atoms with E-state index in [9.17, 15) is 4.39 Å². The van der Waals surface area contributed by atoms with Crippen LogP contribution in [0.3, 0.4) is 0 Å². The van der Waals surface area contributed by atoms with Crippen LogP contribution in [0.4, 0.5) is 22.0 Å². The summed E-state index contributed by atoms with van der Waals surface area (Å²) in [5, 5.41) is 3.98. The first-order valence-electron chi connectivity index (χ1n) is 8.28. The molecule has 3 heterocycles. The molecular formula is C17H20FN7. The molecule has 1 aromatic carbocycles. The van der Waals surface area contributed by atoms with Gasteiger partial charge in [-0.2, -0.15) is 9.67 Å². The number of piperidine rings is 1. The number of rotatable bonds is 3. The molecule has 0 radical (unpaired) electrons. The fraction of sp³-hybridized carbons (Fsp3) is 0.294. The van der Waals surface area contributed by atoms with Gasteiger partial charge in [-0.15, -0.1) is 5.10 Å². The molecule has 0 aliphatic carbocycles. The van der Waals surface area contributed by atoms with Crippen LogP contribution < -0.4 is 16.4 Å². The Kier molecular flexibility index (Phi) is 3.79. The van der Waals surface area contributed by atoms with Gasteiger partial charge in [0.05, 0.1) is 11.4 Å². The molecule has 1 saturated heterocycles. The predicted octanol–water partition coefficient (Wildman–Crippen LogP) is 2.28. The van der Waals surface area contributed by atoms with Crippen molar-refractivity contribution in [2.24, 2.45) is 0 Å². The first kappa shape index (κ1) is 15.5. The number of anilines is 3. The van der Waals surface area contributed by atoms with Gasteiger partial charge in [0.25, 0.3) is 0 Å². The molecule has 1 fully saturated rings. The van der Waals surface area contributed by atoms with Crippen molar-refractivity contribution < 1.29 is 4.39 Å². The van der Waals surface area contributed by atoms with Crippen molar-refractivity contribution in [2.45, 2.75) is 18.8 Å². The molecule has 130 valence electrons. The van der Waals surface area contributed by atoms with Crippen LogP contribution in [-0.4, -0.2) is 32.8 Å². The lowest BCUT2D eigenvalue weighted by Gasteiger charge is -2.33. The van der Waals surface area contributed by atoms with Crippen LogP contribution in [0.25, 0.3) is 5.69 Å². The third-order valence-electron chi connectivity index (χ3n) is 4.72. The third-order valence-corrected chi connectivity index (χ3v) is 4.72. The minimum absolute atomic E-state index is 0.0633. The summed E-state index contributed by atoms with van der Waals surface area (Å²) in [6.07, 6.45) is 3.94. The van der Waals surface area contributed by atoms with Crippen LogP contribution in [0.5, 0.6) is 0 Å². The summed E-state index contributed by atoms with van der Waals surface area (Å²) in [4.78, 5) is 9.19. The van der Waals surface area contributed by atoms with Crippen molar-refractivity contribution in [1.82, 2.24) is 19.7 Å². The Labute approximate surface area is 144 Å². The van der Waals surface area contributed by atoms with Crippen molar-refractivity contribution in [1.29, 1.82) is 0 Å². The molecule has 0 amide bonds. The van der Waals surface area contributed by atoms with Gasteiger partial charge < -0.3 is 21.4 Å². The van der Waals surface area contributed by atoms with Crippen molar-refractivity contribution in [2.75, 3.05) is 29.5 Å². The van der Waals surface area contributed by atoms with Gasteiger partial charge in [-0.05, 0) is 37.1 Å². The van der Waals surface area contributed by atoms with Gasteiger partial charge in [0.1, 0.15) is 5.82 Å². The number of benzene rings is 1. The highest BCUT2D eigenvalue weighted by atomic mass is 19.1. The van der Waals surface area contributed by atoms with Gasteiger partial charge in [-0.1, -0.05) is 0 Å². The molecule has 4 rings (SSSR count). The lowest BCUT2D eigenvalue weighted by molar-refractivity contribution is 0.490. The van der Waals surface area contributed by atoms with E-state index in [2.05, 4.69) is 26.0 Å². The molecule has 0 unspecified atom stereocenters. The number of halogens is 1. The standard InChI is InChI=1S/C17H20FN7/c18-13-10-12(25-17(20)22-16(19)23-25)3-4-15(13)24-8-5-11(6-9-24)14-2-1-7-21-14/h1-4,7,10-11,21H,5-6,8-9H2,(H4,19,20,22,23). The first-order chi connectivity index (χ1) is 12.1. The number of nitrogens with one attached hydrogen (secondary N) is 1. The molecule has 3 aromatic rings. The van der Waals surface area contributed by atoms with E-state index in [4.69, 9.17) is 11.5 Å². The Morgan fingerprint density at radius 3 is 2.56 bits per heavy atom. The maximum Gasteiger partial charge on any atom is 0.241 e. The van der Waals surface area contributed by atoms with Gasteiger partial charge in [0.2, 0.25) is 11.9 Å². The van der Waals surface area contributed by atoms with E-state index in [1.807, 2.05) is 12.3 Å². The molecule has 7 nitrogen and oxygen atoms in total. The minimum atomic E-state index is -0.302. The fourth-order valence-electron chi connectivity index (χ4n) is 3.44. The van der Waals surface area contributed by atoms with Gasteiger partial charge in [0, 0.05) is 37.0 Å². The first-order valence-corrected chi connectivity index (χ1v) is 8.28. The summed E-state index contributed by atoms with van der Waals surface area (Å²) < 4.78 is 16.0. The Hall–Kier alpha value is -3.03. The van der Waals surface area contributed by atoms with E-state index >= 15 is 0 Å². The number of aromatic amines is 1. The van der Waals surface area contributed by atoms with Crippen LogP contribution >= 0.6 is 0 Å². The zero-order chi connectivity index (χ0) is 17.4. The van der Waals surface area contributed by atoms with Crippen molar-refractivity contribution in [3.8, 4) is 5.69 Å². The SMILES string of the molecule is Nc1nc(N)n(-c2ccc(N3CCC(c4ccc[nH]4)CC3)c(F)c2)n1. The van der Waals surface area contributed by atoms with Gasteiger partial charge >= 0.3 is 0 Å². The molecule has 25 heavy (non-hydrogen) atoms. The number of nitrogen functional groups attached to an aromatic ring is 2. The van der Waals surface area contributed by atoms with Crippen LogP contribution in [-0.2, 0) is 0 Å². The molecule has 0 atom stereocenters. The van der Waals surface area contributed by atoms with Gasteiger partial charge in [0.15, 0.2) is 0 Å². The highest BCUT2D eigenvalue weighted by molar-refractivity contribution is 5.54. The van der Waals surface area contributed by atoms with E-state index in [1.54, 1.807) is 12.1 Å². The van der Waals surface area contributed by atoms with Crippen molar-refractivity contribution in [3.05, 3.63) is 48.0 Å². The van der Waals surface area contributed by atoms with Gasteiger partial charge in [-0.3, -0.25) is 0 Å². The van der Waals surface area contributed by atoms with E-state index in [1.165, 1.54) is 16.4 Å². The van der Waals surface area contributed by atoms with E-state index in [0.29, 0.717) is 17.3 Å². The third kappa shape index (κ3) is 2.90. The number of nitrogens with zero attached hydrogens (tertiary/aromatic N) is 4. The van der Waals surface area contributed by atoms with Crippen LogP contribution in [0.2, 0.25) is 0 Å². The summed E-state index contributed by atoms with van der Waals surface area (Å²) in [5.41, 5.74) is 13.6. The molecule has 0 saturated carbocycles. The Balaban J connectivity index is 1.51. The van der Waals surface area contributed by atoms with Crippen molar-refractivity contribution in [3.63, 3.8) is 0 Å². The zero-order valence-electron chi connectivity index (χ0n) is 13.7.